The smallest absolute Gasteiger partial charge is 0.239 e. The highest BCUT2D eigenvalue weighted by molar-refractivity contribution is 5.91. The van der Waals surface area contributed by atoms with Gasteiger partial charge in [0.1, 0.15) is 11.6 Å². The molecule has 1 aliphatic heterocycles. The van der Waals surface area contributed by atoms with E-state index in [9.17, 15) is 4.79 Å². The van der Waals surface area contributed by atoms with E-state index >= 15 is 0 Å². The van der Waals surface area contributed by atoms with E-state index in [-0.39, 0.29) is 5.91 Å². The Morgan fingerprint density at radius 3 is 2.65 bits per heavy atom. The molecular formula is C22H29N7O2. The van der Waals surface area contributed by atoms with Crippen LogP contribution in [-0.2, 0) is 4.79 Å². The second kappa shape index (κ2) is 8.60. The molecule has 9 nitrogen and oxygen atoms in total. The summed E-state index contributed by atoms with van der Waals surface area (Å²) in [5.41, 5.74) is 1.84. The first kappa shape index (κ1) is 21.2. The van der Waals surface area contributed by atoms with Crippen LogP contribution >= 0.6 is 0 Å². The number of rotatable bonds is 6. The topological polar surface area (TPSA) is 92.3 Å². The van der Waals surface area contributed by atoms with E-state index in [1.165, 1.54) is 0 Å². The van der Waals surface area contributed by atoms with Crippen LogP contribution in [0.1, 0.15) is 23.6 Å². The summed E-state index contributed by atoms with van der Waals surface area (Å²) in [6.07, 6.45) is 1.07. The molecule has 0 spiro atoms. The van der Waals surface area contributed by atoms with Crippen LogP contribution in [0.15, 0.2) is 28.7 Å². The lowest BCUT2D eigenvalue weighted by atomic mass is 10.2. The standard InChI is InChI=1S/C22H29N7O2/c1-14-10-15(2)29(26-14)20-11-19(24-22(25-20)18-7-6-16(3)31-18)23-21(30)13-28-9-8-17(12-28)27(4)5/h6-7,10-11,17H,8-9,12-13H2,1-5H3,(H,23,24,25,30). The van der Waals surface area contributed by atoms with Crippen molar-refractivity contribution in [2.45, 2.75) is 33.2 Å². The van der Waals surface area contributed by atoms with Gasteiger partial charge in [-0.05, 0) is 59.5 Å². The molecule has 3 aromatic heterocycles. The lowest BCUT2D eigenvalue weighted by Crippen LogP contribution is -2.35. The maximum atomic E-state index is 12.7. The van der Waals surface area contributed by atoms with E-state index in [0.29, 0.717) is 35.8 Å². The Hall–Kier alpha value is -3.04. The zero-order valence-corrected chi connectivity index (χ0v) is 18.7. The van der Waals surface area contributed by atoms with Crippen LogP contribution in [0.25, 0.3) is 17.4 Å². The number of carbonyl (C=O) groups is 1. The van der Waals surface area contributed by atoms with Gasteiger partial charge in [0.2, 0.25) is 5.91 Å². The number of carbonyl (C=O) groups excluding carboxylic acids is 1. The van der Waals surface area contributed by atoms with Crippen molar-refractivity contribution in [2.24, 2.45) is 0 Å². The summed E-state index contributed by atoms with van der Waals surface area (Å²) in [6, 6.07) is 7.89. The Labute approximate surface area is 182 Å². The van der Waals surface area contributed by atoms with E-state index in [2.05, 4.69) is 44.3 Å². The molecule has 31 heavy (non-hydrogen) atoms. The number of hydrogen-bond donors (Lipinski definition) is 1. The second-order valence-electron chi connectivity index (χ2n) is 8.37. The average molecular weight is 424 g/mol. The molecule has 4 rings (SSSR count). The summed E-state index contributed by atoms with van der Waals surface area (Å²) >= 11 is 0. The van der Waals surface area contributed by atoms with Crippen LogP contribution in [0, 0.1) is 20.8 Å². The Kier molecular flexibility index (Phi) is 5.88. The molecule has 9 heteroatoms. The highest BCUT2D eigenvalue weighted by Gasteiger charge is 2.25. The molecule has 1 saturated heterocycles. The van der Waals surface area contributed by atoms with Crippen molar-refractivity contribution >= 4 is 11.7 Å². The fraction of sp³-hybridized carbons (Fsp3) is 0.455. The molecule has 1 fully saturated rings. The van der Waals surface area contributed by atoms with Gasteiger partial charge in [-0.15, -0.1) is 0 Å². The maximum Gasteiger partial charge on any atom is 0.239 e. The number of furan rings is 1. The molecule has 0 radical (unpaired) electrons. The third kappa shape index (κ3) is 4.83. The van der Waals surface area contributed by atoms with Gasteiger partial charge in [-0.25, -0.2) is 14.6 Å². The minimum absolute atomic E-state index is 0.0981. The van der Waals surface area contributed by atoms with Crippen molar-refractivity contribution in [3.63, 3.8) is 0 Å². The SMILES string of the molecule is Cc1cc(C)n(-c2cc(NC(=O)CN3CCC(N(C)C)C3)nc(-c3ccc(C)o3)n2)n1. The molecule has 0 saturated carbocycles. The molecule has 164 valence electrons. The molecule has 1 aliphatic rings. The van der Waals surface area contributed by atoms with Crippen molar-refractivity contribution in [1.29, 1.82) is 0 Å². The van der Waals surface area contributed by atoms with Crippen LogP contribution in [0.3, 0.4) is 0 Å². The van der Waals surface area contributed by atoms with Crippen LogP contribution in [0.5, 0.6) is 0 Å². The maximum absolute atomic E-state index is 12.7. The molecule has 0 aromatic carbocycles. The Bertz CT molecular complexity index is 1090. The predicted molar refractivity (Wildman–Crippen MR) is 118 cm³/mol. The number of nitrogens with one attached hydrogen (secondary N) is 1. The summed E-state index contributed by atoms with van der Waals surface area (Å²) in [6.45, 7) is 7.89. The molecule has 1 amide bonds. The van der Waals surface area contributed by atoms with Gasteiger partial charge in [0.15, 0.2) is 17.4 Å². The van der Waals surface area contributed by atoms with E-state index < -0.39 is 0 Å². The summed E-state index contributed by atoms with van der Waals surface area (Å²) in [5.74, 6) is 2.62. The minimum atomic E-state index is -0.0981. The van der Waals surface area contributed by atoms with E-state index in [1.807, 2.05) is 39.0 Å². The van der Waals surface area contributed by atoms with Crippen LogP contribution < -0.4 is 5.32 Å². The number of hydrogen-bond acceptors (Lipinski definition) is 7. The van der Waals surface area contributed by atoms with Gasteiger partial charge >= 0.3 is 0 Å². The Morgan fingerprint density at radius 2 is 2.03 bits per heavy atom. The Balaban J connectivity index is 1.58. The molecule has 1 atom stereocenters. The van der Waals surface area contributed by atoms with E-state index in [1.54, 1.807) is 10.7 Å². The largest absolute Gasteiger partial charge is 0.458 e. The third-order valence-corrected chi connectivity index (χ3v) is 5.51. The average Bonchev–Trinajstić information content (AvgIpc) is 3.41. The van der Waals surface area contributed by atoms with Crippen molar-refractivity contribution in [3.8, 4) is 17.4 Å². The van der Waals surface area contributed by atoms with Crippen LogP contribution in [0.2, 0.25) is 0 Å². The van der Waals surface area contributed by atoms with Gasteiger partial charge in [-0.3, -0.25) is 9.69 Å². The van der Waals surface area contributed by atoms with Gasteiger partial charge in [0, 0.05) is 30.9 Å². The minimum Gasteiger partial charge on any atom is -0.458 e. The first-order valence-corrected chi connectivity index (χ1v) is 10.5. The van der Waals surface area contributed by atoms with Gasteiger partial charge in [-0.1, -0.05) is 0 Å². The number of aryl methyl sites for hydroxylation is 3. The third-order valence-electron chi connectivity index (χ3n) is 5.51. The van der Waals surface area contributed by atoms with Crippen LogP contribution in [-0.4, -0.2) is 75.2 Å². The lowest BCUT2D eigenvalue weighted by molar-refractivity contribution is -0.117. The Morgan fingerprint density at radius 1 is 1.23 bits per heavy atom. The van der Waals surface area contributed by atoms with Crippen molar-refractivity contribution < 1.29 is 9.21 Å². The van der Waals surface area contributed by atoms with Gasteiger partial charge in [0.05, 0.1) is 12.2 Å². The summed E-state index contributed by atoms with van der Waals surface area (Å²) in [7, 11) is 4.15. The number of likely N-dealkylation sites (tertiary alicyclic amines) is 1. The van der Waals surface area contributed by atoms with Gasteiger partial charge in [-0.2, -0.15) is 5.10 Å². The molecule has 4 heterocycles. The molecule has 0 aliphatic carbocycles. The first-order chi connectivity index (χ1) is 14.8. The van der Waals surface area contributed by atoms with Crippen molar-refractivity contribution in [3.05, 3.63) is 41.4 Å². The van der Waals surface area contributed by atoms with Crippen molar-refractivity contribution in [2.75, 3.05) is 39.0 Å². The molecular weight excluding hydrogens is 394 g/mol. The normalized spacial score (nSPS) is 16.9. The quantitative estimate of drug-likeness (QED) is 0.651. The number of anilines is 1. The zero-order chi connectivity index (χ0) is 22.1. The zero-order valence-electron chi connectivity index (χ0n) is 18.7. The lowest BCUT2D eigenvalue weighted by Gasteiger charge is -2.20. The molecule has 1 unspecified atom stereocenters. The summed E-state index contributed by atoms with van der Waals surface area (Å²) < 4.78 is 7.46. The van der Waals surface area contributed by atoms with Crippen molar-refractivity contribution in [1.82, 2.24) is 29.5 Å². The first-order valence-electron chi connectivity index (χ1n) is 10.5. The summed E-state index contributed by atoms with van der Waals surface area (Å²) in [4.78, 5) is 26.3. The highest BCUT2D eigenvalue weighted by atomic mass is 16.3. The number of likely N-dealkylation sites (N-methyl/N-ethyl adjacent to an activating group) is 1. The molecule has 0 bridgehead atoms. The summed E-state index contributed by atoms with van der Waals surface area (Å²) in [5, 5.41) is 7.46. The number of nitrogens with zero attached hydrogens (tertiary/aromatic N) is 6. The van der Waals surface area contributed by atoms with E-state index in [4.69, 9.17) is 4.42 Å². The van der Waals surface area contributed by atoms with Gasteiger partial charge < -0.3 is 14.6 Å². The second-order valence-corrected chi connectivity index (χ2v) is 8.37. The number of aromatic nitrogens is 4. The fourth-order valence-corrected chi connectivity index (χ4v) is 3.90. The van der Waals surface area contributed by atoms with Gasteiger partial charge in [0.25, 0.3) is 0 Å². The fourth-order valence-electron chi connectivity index (χ4n) is 3.90. The highest BCUT2D eigenvalue weighted by Crippen LogP contribution is 2.23. The molecule has 1 N–H and O–H groups in total. The van der Waals surface area contributed by atoms with E-state index in [0.717, 1.165) is 36.7 Å². The number of amides is 1. The monoisotopic (exact) mass is 423 g/mol. The van der Waals surface area contributed by atoms with Crippen LogP contribution in [0.4, 0.5) is 5.82 Å². The molecule has 3 aromatic rings. The predicted octanol–water partition coefficient (Wildman–Crippen LogP) is 2.42.